The number of fused-ring (bicyclic) bond motifs is 1. The molecular formula is C25H27ClN2O2S. The van der Waals surface area contributed by atoms with Crippen molar-refractivity contribution in [1.29, 1.82) is 0 Å². The Labute approximate surface area is 193 Å². The number of halogens is 1. The highest BCUT2D eigenvalue weighted by molar-refractivity contribution is 8.18. The molecule has 2 amide bonds. The summed E-state index contributed by atoms with van der Waals surface area (Å²) in [4.78, 5) is 29.6. The van der Waals surface area contributed by atoms with Crippen molar-refractivity contribution in [1.82, 2.24) is 4.90 Å². The molecular weight excluding hydrogens is 428 g/mol. The van der Waals surface area contributed by atoms with Crippen molar-refractivity contribution in [2.45, 2.75) is 52.1 Å². The fourth-order valence-electron chi connectivity index (χ4n) is 4.78. The van der Waals surface area contributed by atoms with E-state index in [9.17, 15) is 9.59 Å². The normalized spacial score (nSPS) is 21.7. The highest BCUT2D eigenvalue weighted by Gasteiger charge is 2.37. The van der Waals surface area contributed by atoms with Gasteiger partial charge >= 0.3 is 0 Å². The number of hydrogen-bond acceptors (Lipinski definition) is 4. The van der Waals surface area contributed by atoms with E-state index in [0.29, 0.717) is 15.8 Å². The largest absolute Gasteiger partial charge is 0.366 e. The summed E-state index contributed by atoms with van der Waals surface area (Å²) in [6.07, 6.45) is 2.91. The van der Waals surface area contributed by atoms with Crippen LogP contribution < -0.4 is 4.90 Å². The van der Waals surface area contributed by atoms with Gasteiger partial charge in [0.2, 0.25) is 0 Å². The van der Waals surface area contributed by atoms with Crippen LogP contribution in [0.4, 0.5) is 10.5 Å². The summed E-state index contributed by atoms with van der Waals surface area (Å²) >= 11 is 7.20. The summed E-state index contributed by atoms with van der Waals surface area (Å²) in [5.74, 6) is 0.161. The maximum atomic E-state index is 12.9. The van der Waals surface area contributed by atoms with Crippen molar-refractivity contribution in [3.8, 4) is 0 Å². The summed E-state index contributed by atoms with van der Waals surface area (Å²) in [6.45, 7) is 10.2. The van der Waals surface area contributed by atoms with Gasteiger partial charge in [-0.05, 0) is 85.8 Å². The van der Waals surface area contributed by atoms with E-state index in [1.807, 2.05) is 30.3 Å². The Morgan fingerprint density at radius 3 is 2.65 bits per heavy atom. The van der Waals surface area contributed by atoms with Crippen LogP contribution in [0.3, 0.4) is 0 Å². The fourth-order valence-corrected chi connectivity index (χ4v) is 5.82. The Balaban J connectivity index is 1.61. The van der Waals surface area contributed by atoms with Crippen LogP contribution in [-0.4, -0.2) is 28.1 Å². The highest BCUT2D eigenvalue weighted by atomic mass is 35.5. The Hall–Kier alpha value is -2.24. The minimum atomic E-state index is -0.267. The minimum absolute atomic E-state index is 0.115. The van der Waals surface area contributed by atoms with E-state index in [1.54, 1.807) is 6.07 Å². The maximum absolute atomic E-state index is 12.9. The molecule has 0 radical (unpaired) electrons. The van der Waals surface area contributed by atoms with Crippen molar-refractivity contribution in [3.05, 3.63) is 69.1 Å². The number of amides is 2. The van der Waals surface area contributed by atoms with Gasteiger partial charge in [-0.3, -0.25) is 14.5 Å². The second kappa shape index (κ2) is 8.36. The summed E-state index contributed by atoms with van der Waals surface area (Å²) in [5.41, 5.74) is 4.38. The average molecular weight is 455 g/mol. The molecule has 0 aromatic heterocycles. The van der Waals surface area contributed by atoms with Crippen LogP contribution in [-0.2, 0) is 11.3 Å². The predicted octanol–water partition coefficient (Wildman–Crippen LogP) is 6.69. The molecule has 0 aliphatic carbocycles. The van der Waals surface area contributed by atoms with Gasteiger partial charge in [0, 0.05) is 22.8 Å². The van der Waals surface area contributed by atoms with Crippen molar-refractivity contribution in [2.75, 3.05) is 11.4 Å². The van der Waals surface area contributed by atoms with Crippen LogP contribution in [0, 0.1) is 0 Å². The molecule has 1 unspecified atom stereocenters. The Kier molecular flexibility index (Phi) is 5.93. The van der Waals surface area contributed by atoms with Crippen LogP contribution >= 0.6 is 23.4 Å². The van der Waals surface area contributed by atoms with Crippen LogP contribution in [0.15, 0.2) is 47.4 Å². The van der Waals surface area contributed by atoms with Gasteiger partial charge in [0.1, 0.15) is 0 Å². The van der Waals surface area contributed by atoms with E-state index in [2.05, 4.69) is 44.7 Å². The zero-order chi connectivity index (χ0) is 22.3. The molecule has 2 heterocycles. The van der Waals surface area contributed by atoms with E-state index in [-0.39, 0.29) is 23.2 Å². The van der Waals surface area contributed by atoms with Crippen LogP contribution in [0.2, 0.25) is 5.02 Å². The number of imide groups is 1. The summed E-state index contributed by atoms with van der Waals surface area (Å²) < 4.78 is 0. The maximum Gasteiger partial charge on any atom is 0.293 e. The van der Waals surface area contributed by atoms with Crippen LogP contribution in [0.1, 0.15) is 56.7 Å². The zero-order valence-corrected chi connectivity index (χ0v) is 19.9. The average Bonchev–Trinajstić information content (AvgIpc) is 2.97. The Morgan fingerprint density at radius 1 is 1.19 bits per heavy atom. The summed E-state index contributed by atoms with van der Waals surface area (Å²) in [6, 6.07) is 13.6. The van der Waals surface area contributed by atoms with Crippen molar-refractivity contribution < 1.29 is 9.59 Å². The first-order valence-corrected chi connectivity index (χ1v) is 11.8. The third kappa shape index (κ3) is 4.13. The van der Waals surface area contributed by atoms with E-state index < -0.39 is 0 Å². The van der Waals surface area contributed by atoms with Crippen LogP contribution in [0.5, 0.6) is 0 Å². The SMILES string of the molecule is CCN1c2ccc(/C=C3/SC(=O)N(Cc4ccccc4Cl)C3=O)cc2C(C)CC1(C)C. The van der Waals surface area contributed by atoms with E-state index in [4.69, 9.17) is 11.6 Å². The van der Waals surface area contributed by atoms with Gasteiger partial charge < -0.3 is 4.90 Å². The van der Waals surface area contributed by atoms with Crippen molar-refractivity contribution >= 4 is 46.3 Å². The second-order valence-corrected chi connectivity index (χ2v) is 10.2. The number of nitrogens with zero attached hydrogens (tertiary/aromatic N) is 2. The molecule has 0 spiro atoms. The smallest absolute Gasteiger partial charge is 0.293 e. The quantitative estimate of drug-likeness (QED) is 0.482. The monoisotopic (exact) mass is 454 g/mol. The molecule has 0 bridgehead atoms. The molecule has 31 heavy (non-hydrogen) atoms. The number of carbonyl (C=O) groups is 2. The van der Waals surface area contributed by atoms with Gasteiger partial charge in [0.05, 0.1) is 11.4 Å². The Bertz CT molecular complexity index is 1080. The fraction of sp³-hybridized carbons (Fsp3) is 0.360. The number of rotatable bonds is 4. The molecule has 2 aliphatic heterocycles. The lowest BCUT2D eigenvalue weighted by Crippen LogP contribution is -2.48. The Morgan fingerprint density at radius 2 is 1.94 bits per heavy atom. The molecule has 2 aliphatic rings. The summed E-state index contributed by atoms with van der Waals surface area (Å²) in [7, 11) is 0. The van der Waals surface area contributed by atoms with Gasteiger partial charge in [0.25, 0.3) is 11.1 Å². The molecule has 162 valence electrons. The molecule has 0 N–H and O–H groups in total. The van der Waals surface area contributed by atoms with Crippen LogP contribution in [0.25, 0.3) is 6.08 Å². The highest BCUT2D eigenvalue weighted by Crippen LogP contribution is 2.44. The number of anilines is 1. The lowest BCUT2D eigenvalue weighted by atomic mass is 9.79. The van der Waals surface area contributed by atoms with Gasteiger partial charge in [-0.1, -0.05) is 42.8 Å². The van der Waals surface area contributed by atoms with Gasteiger partial charge in [0.15, 0.2) is 0 Å². The molecule has 4 nitrogen and oxygen atoms in total. The van der Waals surface area contributed by atoms with Crippen molar-refractivity contribution in [3.63, 3.8) is 0 Å². The number of benzene rings is 2. The third-order valence-corrected chi connectivity index (χ3v) is 7.46. The topological polar surface area (TPSA) is 40.6 Å². The molecule has 4 rings (SSSR count). The van der Waals surface area contributed by atoms with Crippen molar-refractivity contribution in [2.24, 2.45) is 0 Å². The van der Waals surface area contributed by atoms with E-state index in [0.717, 1.165) is 35.9 Å². The molecule has 1 fully saturated rings. The molecule has 1 atom stereocenters. The number of thioether (sulfide) groups is 1. The number of hydrogen-bond donors (Lipinski definition) is 0. The molecule has 0 saturated carbocycles. The first-order valence-electron chi connectivity index (χ1n) is 10.6. The van der Waals surface area contributed by atoms with Gasteiger partial charge in [-0.2, -0.15) is 0 Å². The lowest BCUT2D eigenvalue weighted by molar-refractivity contribution is -0.123. The zero-order valence-electron chi connectivity index (χ0n) is 18.3. The third-order valence-electron chi connectivity index (χ3n) is 6.18. The van der Waals surface area contributed by atoms with Gasteiger partial charge in [-0.15, -0.1) is 0 Å². The second-order valence-electron chi connectivity index (χ2n) is 8.84. The number of carbonyl (C=O) groups excluding carboxylic acids is 2. The van der Waals surface area contributed by atoms with E-state index in [1.165, 1.54) is 16.2 Å². The lowest BCUT2D eigenvalue weighted by Gasteiger charge is -2.47. The van der Waals surface area contributed by atoms with E-state index >= 15 is 0 Å². The standard InChI is InChI=1S/C25H27ClN2O2S/c1-5-28-21-11-10-17(12-19(21)16(2)14-25(28,3)4)13-22-23(29)27(24(30)31-22)15-18-8-6-7-9-20(18)26/h6-13,16H,5,14-15H2,1-4H3/b22-13+. The predicted molar refractivity (Wildman–Crippen MR) is 130 cm³/mol. The first kappa shape index (κ1) is 22.0. The molecule has 6 heteroatoms. The molecule has 2 aromatic rings. The summed E-state index contributed by atoms with van der Waals surface area (Å²) in [5, 5.41) is 0.291. The first-order chi connectivity index (χ1) is 14.7. The minimum Gasteiger partial charge on any atom is -0.366 e. The van der Waals surface area contributed by atoms with Gasteiger partial charge in [-0.25, -0.2) is 0 Å². The molecule has 2 aromatic carbocycles. The molecule has 1 saturated heterocycles.